The molecule has 0 bridgehead atoms. The molecule has 0 saturated heterocycles. The van der Waals surface area contributed by atoms with Crippen molar-refractivity contribution in [3.05, 3.63) is 101 Å². The van der Waals surface area contributed by atoms with E-state index in [1.54, 1.807) is 25.1 Å². The summed E-state index contributed by atoms with van der Waals surface area (Å²) in [6.45, 7) is 4.21. The van der Waals surface area contributed by atoms with Gasteiger partial charge in [0.15, 0.2) is 5.11 Å². The van der Waals surface area contributed by atoms with E-state index in [0.717, 1.165) is 16.8 Å². The van der Waals surface area contributed by atoms with Gasteiger partial charge in [-0.2, -0.15) is 0 Å². The zero-order chi connectivity index (χ0) is 20.6. The first kappa shape index (κ1) is 20.6. The molecule has 0 saturated carbocycles. The summed E-state index contributed by atoms with van der Waals surface area (Å²) in [5.74, 6) is -0.350. The van der Waals surface area contributed by atoms with Crippen LogP contribution in [0.4, 0.5) is 5.69 Å². The fourth-order valence-corrected chi connectivity index (χ4v) is 3.37. The topological polar surface area (TPSA) is 50.4 Å². The van der Waals surface area contributed by atoms with Crippen molar-refractivity contribution >= 4 is 29.0 Å². The van der Waals surface area contributed by atoms with Gasteiger partial charge in [-0.25, -0.2) is 4.79 Å². The largest absolute Gasteiger partial charge is 0.462 e. The number of rotatable bonds is 6. The van der Waals surface area contributed by atoms with E-state index in [9.17, 15) is 4.79 Å². The van der Waals surface area contributed by atoms with Crippen molar-refractivity contribution < 1.29 is 9.53 Å². The zero-order valence-electron chi connectivity index (χ0n) is 16.5. The second-order valence-corrected chi connectivity index (χ2v) is 7.01. The molecule has 3 rings (SSSR count). The van der Waals surface area contributed by atoms with E-state index >= 15 is 0 Å². The highest BCUT2D eigenvalue weighted by atomic mass is 32.1. The fraction of sp³-hybridized carbons (Fsp3) is 0.167. The number of thiocarbonyl (C=S) groups is 1. The third-order valence-corrected chi connectivity index (χ3v) is 4.76. The average Bonchev–Trinajstić information content (AvgIpc) is 2.74. The fourth-order valence-electron chi connectivity index (χ4n) is 3.13. The van der Waals surface area contributed by atoms with Gasteiger partial charge in [-0.05, 0) is 61.0 Å². The number of hydrogen-bond acceptors (Lipinski definition) is 3. The third kappa shape index (κ3) is 5.42. The smallest absolute Gasteiger partial charge is 0.338 e. The lowest BCUT2D eigenvalue weighted by atomic mass is 9.95. The molecule has 148 valence electrons. The van der Waals surface area contributed by atoms with Gasteiger partial charge >= 0.3 is 5.97 Å². The van der Waals surface area contributed by atoms with Crippen LogP contribution in [0.2, 0.25) is 0 Å². The average molecular weight is 405 g/mol. The second kappa shape index (κ2) is 9.85. The molecule has 0 aromatic heterocycles. The Hall–Kier alpha value is -3.18. The van der Waals surface area contributed by atoms with E-state index in [2.05, 4.69) is 41.8 Å². The monoisotopic (exact) mass is 404 g/mol. The van der Waals surface area contributed by atoms with Gasteiger partial charge in [0, 0.05) is 5.69 Å². The van der Waals surface area contributed by atoms with Crippen LogP contribution < -0.4 is 10.6 Å². The number of benzene rings is 3. The molecular formula is C24H24N2O2S. The highest BCUT2D eigenvalue weighted by Gasteiger charge is 2.17. The standard InChI is InChI=1S/C24H24N2O2S/c1-3-28-23(27)19-13-9-14-20(16-19)25-24(29)26-22(18-11-5-4-6-12-18)21-15-8-7-10-17(21)2/h4-16,22H,3H2,1-2H3,(H2,25,26,29)/t22-/m1/s1. The first-order chi connectivity index (χ1) is 14.1. The van der Waals surface area contributed by atoms with E-state index in [-0.39, 0.29) is 12.0 Å². The highest BCUT2D eigenvalue weighted by Crippen LogP contribution is 2.25. The molecule has 0 unspecified atom stereocenters. The molecule has 5 heteroatoms. The number of nitrogens with one attached hydrogen (secondary N) is 2. The number of carbonyl (C=O) groups excluding carboxylic acids is 1. The molecule has 29 heavy (non-hydrogen) atoms. The van der Waals surface area contributed by atoms with Crippen LogP contribution in [0.3, 0.4) is 0 Å². The van der Waals surface area contributed by atoms with Gasteiger partial charge in [-0.3, -0.25) is 0 Å². The van der Waals surface area contributed by atoms with Crippen molar-refractivity contribution in [2.45, 2.75) is 19.9 Å². The van der Waals surface area contributed by atoms with Gasteiger partial charge in [0.1, 0.15) is 0 Å². The Balaban J connectivity index is 1.80. The summed E-state index contributed by atoms with van der Waals surface area (Å²) < 4.78 is 5.07. The van der Waals surface area contributed by atoms with Gasteiger partial charge in [0.05, 0.1) is 18.2 Å². The maximum atomic E-state index is 12.0. The zero-order valence-corrected chi connectivity index (χ0v) is 17.3. The van der Waals surface area contributed by atoms with Crippen molar-refractivity contribution in [2.75, 3.05) is 11.9 Å². The van der Waals surface area contributed by atoms with Crippen molar-refractivity contribution in [3.63, 3.8) is 0 Å². The van der Waals surface area contributed by atoms with Crippen LogP contribution in [0, 0.1) is 6.92 Å². The lowest BCUT2D eigenvalue weighted by Gasteiger charge is -2.23. The van der Waals surface area contributed by atoms with E-state index in [1.807, 2.05) is 36.4 Å². The number of hydrogen-bond donors (Lipinski definition) is 2. The molecule has 0 aliphatic carbocycles. The van der Waals surface area contributed by atoms with Crippen molar-refractivity contribution in [1.82, 2.24) is 5.32 Å². The van der Waals surface area contributed by atoms with Crippen molar-refractivity contribution in [1.29, 1.82) is 0 Å². The summed E-state index contributed by atoms with van der Waals surface area (Å²) in [4.78, 5) is 12.0. The predicted octanol–water partition coefficient (Wildman–Crippen LogP) is 5.25. The minimum absolute atomic E-state index is 0.0920. The van der Waals surface area contributed by atoms with E-state index < -0.39 is 0 Å². The van der Waals surface area contributed by atoms with Crippen LogP contribution in [0.15, 0.2) is 78.9 Å². The van der Waals surface area contributed by atoms with Crippen LogP contribution in [0.1, 0.15) is 40.0 Å². The lowest BCUT2D eigenvalue weighted by molar-refractivity contribution is 0.0526. The second-order valence-electron chi connectivity index (χ2n) is 6.60. The van der Waals surface area contributed by atoms with Crippen LogP contribution in [-0.4, -0.2) is 17.7 Å². The van der Waals surface area contributed by atoms with Gasteiger partial charge in [-0.1, -0.05) is 60.7 Å². The van der Waals surface area contributed by atoms with Gasteiger partial charge in [0.25, 0.3) is 0 Å². The molecule has 0 spiro atoms. The summed E-state index contributed by atoms with van der Waals surface area (Å²) in [5, 5.41) is 7.07. The molecule has 0 radical (unpaired) electrons. The van der Waals surface area contributed by atoms with Crippen molar-refractivity contribution in [3.8, 4) is 0 Å². The number of aryl methyl sites for hydroxylation is 1. The van der Waals surface area contributed by atoms with Gasteiger partial charge in [0.2, 0.25) is 0 Å². The Kier molecular flexibility index (Phi) is 6.98. The van der Waals surface area contributed by atoms with E-state index in [4.69, 9.17) is 17.0 Å². The van der Waals surface area contributed by atoms with Crippen LogP contribution in [0.25, 0.3) is 0 Å². The molecule has 1 atom stereocenters. The van der Waals surface area contributed by atoms with Crippen LogP contribution >= 0.6 is 12.2 Å². The molecule has 0 aliphatic rings. The minimum Gasteiger partial charge on any atom is -0.462 e. The molecular weight excluding hydrogens is 380 g/mol. The maximum Gasteiger partial charge on any atom is 0.338 e. The molecule has 2 N–H and O–H groups in total. The first-order valence-corrected chi connectivity index (χ1v) is 9.94. The molecule has 0 amide bonds. The number of carbonyl (C=O) groups is 1. The summed E-state index contributed by atoms with van der Waals surface area (Å²) in [7, 11) is 0. The summed E-state index contributed by atoms with van der Waals surface area (Å²) in [5.41, 5.74) is 4.66. The third-order valence-electron chi connectivity index (χ3n) is 4.54. The normalized spacial score (nSPS) is 11.4. The quantitative estimate of drug-likeness (QED) is 0.434. The maximum absolute atomic E-state index is 12.0. The Morgan fingerprint density at radius 1 is 1.00 bits per heavy atom. The molecule has 3 aromatic carbocycles. The van der Waals surface area contributed by atoms with E-state index in [0.29, 0.717) is 17.3 Å². The molecule has 0 aliphatic heterocycles. The number of anilines is 1. The molecule has 4 nitrogen and oxygen atoms in total. The number of ether oxygens (including phenoxy) is 1. The Morgan fingerprint density at radius 2 is 1.72 bits per heavy atom. The Bertz CT molecular complexity index is 989. The highest BCUT2D eigenvalue weighted by molar-refractivity contribution is 7.80. The van der Waals surface area contributed by atoms with Crippen LogP contribution in [-0.2, 0) is 4.74 Å². The molecule has 3 aromatic rings. The minimum atomic E-state index is -0.350. The SMILES string of the molecule is CCOC(=O)c1cccc(NC(=S)N[C@H](c2ccccc2)c2ccccc2C)c1. The number of esters is 1. The first-order valence-electron chi connectivity index (χ1n) is 9.53. The van der Waals surface area contributed by atoms with E-state index in [1.165, 1.54) is 5.56 Å². The van der Waals surface area contributed by atoms with Crippen molar-refractivity contribution in [2.24, 2.45) is 0 Å². The summed E-state index contributed by atoms with van der Waals surface area (Å²) in [6, 6.07) is 25.5. The molecule has 0 heterocycles. The van der Waals surface area contributed by atoms with Crippen LogP contribution in [0.5, 0.6) is 0 Å². The Morgan fingerprint density at radius 3 is 2.45 bits per heavy atom. The lowest BCUT2D eigenvalue weighted by Crippen LogP contribution is -2.33. The summed E-state index contributed by atoms with van der Waals surface area (Å²) >= 11 is 5.58. The summed E-state index contributed by atoms with van der Waals surface area (Å²) in [6.07, 6.45) is 0. The predicted molar refractivity (Wildman–Crippen MR) is 121 cm³/mol. The van der Waals surface area contributed by atoms with Gasteiger partial charge in [-0.15, -0.1) is 0 Å². The van der Waals surface area contributed by atoms with Gasteiger partial charge < -0.3 is 15.4 Å². The Labute approximate surface area is 176 Å². The molecule has 0 fully saturated rings.